The van der Waals surface area contributed by atoms with Crippen LogP contribution in [-0.2, 0) is 9.84 Å². The van der Waals surface area contributed by atoms with Crippen molar-refractivity contribution in [1.82, 2.24) is 0 Å². The Morgan fingerprint density at radius 2 is 0.889 bits per heavy atom. The van der Waals surface area contributed by atoms with Crippen LogP contribution in [0.2, 0.25) is 0 Å². The Kier molecular flexibility index (Phi) is 20.2. The van der Waals surface area contributed by atoms with Crippen LogP contribution >= 0.6 is 0 Å². The summed E-state index contributed by atoms with van der Waals surface area (Å²) in [4.78, 5) is 0. The van der Waals surface area contributed by atoms with Crippen LogP contribution in [0, 0.1) is 0 Å². The van der Waals surface area contributed by atoms with Gasteiger partial charge in [-0.05, 0) is 25.7 Å². The Balaban J connectivity index is 3.23. The average molecular weight is 401 g/mol. The summed E-state index contributed by atoms with van der Waals surface area (Å²) < 4.78 is 23.8. The summed E-state index contributed by atoms with van der Waals surface area (Å²) >= 11 is 0. The van der Waals surface area contributed by atoms with E-state index >= 15 is 0 Å². The van der Waals surface area contributed by atoms with Crippen LogP contribution in [-0.4, -0.2) is 19.9 Å². The van der Waals surface area contributed by atoms with Gasteiger partial charge in [0, 0.05) is 0 Å². The van der Waals surface area contributed by atoms with Crippen molar-refractivity contribution in [3.63, 3.8) is 0 Å². The third-order valence-electron chi connectivity index (χ3n) is 5.42. The largest absolute Gasteiger partial charge is 0.229 e. The molecule has 2 nitrogen and oxygen atoms in total. The van der Waals surface area contributed by atoms with Crippen LogP contribution in [0.25, 0.3) is 0 Å². The fourth-order valence-corrected chi connectivity index (χ4v) is 5.07. The Labute approximate surface area is 171 Å². The molecule has 162 valence electrons. The van der Waals surface area contributed by atoms with Crippen LogP contribution in [0.3, 0.4) is 0 Å². The van der Waals surface area contributed by atoms with Gasteiger partial charge in [0.25, 0.3) is 0 Å². The molecule has 0 saturated carbocycles. The van der Waals surface area contributed by atoms with Gasteiger partial charge in [-0.2, -0.15) is 0 Å². The van der Waals surface area contributed by atoms with E-state index < -0.39 is 9.84 Å². The average Bonchev–Trinajstić information content (AvgIpc) is 2.65. The van der Waals surface area contributed by atoms with Crippen LogP contribution in [0.5, 0.6) is 0 Å². The number of sulfone groups is 1. The fourth-order valence-electron chi connectivity index (χ4n) is 3.58. The van der Waals surface area contributed by atoms with E-state index in [1.54, 1.807) is 0 Å². The van der Waals surface area contributed by atoms with Crippen molar-refractivity contribution in [3.8, 4) is 0 Å². The second-order valence-corrected chi connectivity index (χ2v) is 10.5. The van der Waals surface area contributed by atoms with E-state index in [1.807, 2.05) is 6.08 Å². The predicted molar refractivity (Wildman–Crippen MR) is 122 cm³/mol. The van der Waals surface area contributed by atoms with Gasteiger partial charge in [-0.25, -0.2) is 8.42 Å². The minimum absolute atomic E-state index is 0.361. The zero-order valence-electron chi connectivity index (χ0n) is 18.4. The second kappa shape index (κ2) is 20.4. The molecule has 0 amide bonds. The molecule has 0 radical (unpaired) electrons. The summed E-state index contributed by atoms with van der Waals surface area (Å²) in [6.07, 6.45) is 25.7. The molecule has 0 bridgehead atoms. The van der Waals surface area contributed by atoms with Crippen molar-refractivity contribution in [2.75, 3.05) is 11.5 Å². The highest BCUT2D eigenvalue weighted by Gasteiger charge is 2.09. The topological polar surface area (TPSA) is 34.1 Å². The first-order valence-corrected chi connectivity index (χ1v) is 13.8. The molecule has 0 aliphatic rings. The summed E-state index contributed by atoms with van der Waals surface area (Å²) in [6.45, 7) is 5.95. The lowest BCUT2D eigenvalue weighted by atomic mass is 10.0. The zero-order valence-corrected chi connectivity index (χ0v) is 19.2. The lowest BCUT2D eigenvalue weighted by Crippen LogP contribution is -2.11. The molecule has 0 aliphatic carbocycles. The molecule has 0 spiro atoms. The lowest BCUT2D eigenvalue weighted by molar-refractivity contribution is 0.530. The van der Waals surface area contributed by atoms with E-state index in [0.717, 1.165) is 32.1 Å². The maximum Gasteiger partial charge on any atom is 0.150 e. The predicted octanol–water partition coefficient (Wildman–Crippen LogP) is 8.02. The highest BCUT2D eigenvalue weighted by molar-refractivity contribution is 7.91. The van der Waals surface area contributed by atoms with Crippen LogP contribution in [0.15, 0.2) is 12.7 Å². The second-order valence-electron chi connectivity index (χ2n) is 8.24. The molecule has 0 N–H and O–H groups in total. The van der Waals surface area contributed by atoms with Crippen LogP contribution < -0.4 is 0 Å². The van der Waals surface area contributed by atoms with Crippen molar-refractivity contribution in [2.24, 2.45) is 0 Å². The Morgan fingerprint density at radius 3 is 1.26 bits per heavy atom. The number of unbranched alkanes of at least 4 members (excludes halogenated alkanes) is 17. The molecule has 0 saturated heterocycles. The fraction of sp³-hybridized carbons (Fsp3) is 0.917. The van der Waals surface area contributed by atoms with Gasteiger partial charge >= 0.3 is 0 Å². The van der Waals surface area contributed by atoms with E-state index in [2.05, 4.69) is 13.5 Å². The highest BCUT2D eigenvalue weighted by atomic mass is 32.2. The first-order chi connectivity index (χ1) is 13.1. The zero-order chi connectivity index (χ0) is 20.1. The van der Waals surface area contributed by atoms with E-state index in [4.69, 9.17) is 0 Å². The molecule has 0 heterocycles. The molecule has 0 atom stereocenters. The van der Waals surface area contributed by atoms with Gasteiger partial charge in [-0.15, -0.1) is 6.58 Å². The molecular weight excluding hydrogens is 352 g/mol. The summed E-state index contributed by atoms with van der Waals surface area (Å²) in [5.74, 6) is 0.749. The number of rotatable bonds is 22. The smallest absolute Gasteiger partial charge is 0.150 e. The van der Waals surface area contributed by atoms with E-state index in [1.165, 1.54) is 89.9 Å². The molecule has 0 aromatic heterocycles. The van der Waals surface area contributed by atoms with Gasteiger partial charge in [0.1, 0.15) is 9.84 Å². The molecular formula is C24H48O2S. The lowest BCUT2D eigenvalue weighted by Gasteiger charge is -2.05. The normalized spacial score (nSPS) is 11.7. The van der Waals surface area contributed by atoms with Crippen LogP contribution in [0.1, 0.15) is 129 Å². The van der Waals surface area contributed by atoms with E-state index in [9.17, 15) is 8.42 Å². The van der Waals surface area contributed by atoms with E-state index in [-0.39, 0.29) is 0 Å². The summed E-state index contributed by atoms with van der Waals surface area (Å²) in [6, 6.07) is 0. The molecule has 0 aromatic carbocycles. The number of hydrogen-bond acceptors (Lipinski definition) is 2. The third kappa shape index (κ3) is 21.8. The van der Waals surface area contributed by atoms with Gasteiger partial charge in [0.2, 0.25) is 0 Å². The SMILES string of the molecule is C=CCCCCS(=O)(=O)CCCCCCCCCCCCCCCCCC. The van der Waals surface area contributed by atoms with Crippen molar-refractivity contribution in [3.05, 3.63) is 12.7 Å². The first-order valence-electron chi connectivity index (χ1n) is 11.9. The molecule has 3 heteroatoms. The maximum atomic E-state index is 11.9. The molecule has 27 heavy (non-hydrogen) atoms. The molecule has 0 unspecified atom stereocenters. The van der Waals surface area contributed by atoms with Gasteiger partial charge < -0.3 is 0 Å². The number of allylic oxidation sites excluding steroid dienone is 1. The van der Waals surface area contributed by atoms with Crippen molar-refractivity contribution < 1.29 is 8.42 Å². The monoisotopic (exact) mass is 400 g/mol. The summed E-state index contributed by atoms with van der Waals surface area (Å²) in [5.41, 5.74) is 0. The Hall–Kier alpha value is -0.310. The Morgan fingerprint density at radius 1 is 0.556 bits per heavy atom. The molecule has 0 aliphatic heterocycles. The van der Waals surface area contributed by atoms with Crippen molar-refractivity contribution in [2.45, 2.75) is 129 Å². The van der Waals surface area contributed by atoms with Gasteiger partial charge in [-0.3, -0.25) is 0 Å². The minimum atomic E-state index is -2.82. The van der Waals surface area contributed by atoms with E-state index in [0.29, 0.717) is 11.5 Å². The highest BCUT2D eigenvalue weighted by Crippen LogP contribution is 2.14. The van der Waals surface area contributed by atoms with Crippen LogP contribution in [0.4, 0.5) is 0 Å². The van der Waals surface area contributed by atoms with Crippen molar-refractivity contribution in [1.29, 1.82) is 0 Å². The molecule has 0 fully saturated rings. The summed E-state index contributed by atoms with van der Waals surface area (Å²) in [7, 11) is -2.82. The minimum Gasteiger partial charge on any atom is -0.229 e. The standard InChI is InChI=1S/C24H48O2S/c1-3-5-7-9-10-11-12-13-14-15-16-17-18-19-20-22-24-27(25,26)23-21-8-6-4-2/h4H,2-3,5-24H2,1H3. The molecule has 0 aromatic rings. The van der Waals surface area contributed by atoms with Crippen molar-refractivity contribution >= 4 is 9.84 Å². The Bertz CT molecular complexity index is 401. The van der Waals surface area contributed by atoms with Gasteiger partial charge in [0.15, 0.2) is 0 Å². The quantitative estimate of drug-likeness (QED) is 0.136. The van der Waals surface area contributed by atoms with Gasteiger partial charge in [-0.1, -0.05) is 109 Å². The molecule has 0 rings (SSSR count). The first kappa shape index (κ1) is 26.7. The maximum absolute atomic E-state index is 11.9. The van der Waals surface area contributed by atoms with Gasteiger partial charge in [0.05, 0.1) is 11.5 Å². The third-order valence-corrected chi connectivity index (χ3v) is 7.24. The number of hydrogen-bond donors (Lipinski definition) is 0. The summed E-state index contributed by atoms with van der Waals surface area (Å²) in [5, 5.41) is 0.